The molecule has 2 rings (SSSR count). The van der Waals surface area contributed by atoms with Gasteiger partial charge in [0.25, 0.3) is 0 Å². The summed E-state index contributed by atoms with van der Waals surface area (Å²) in [7, 11) is 1.60. The molecule has 1 N–H and O–H groups in total. The van der Waals surface area contributed by atoms with E-state index in [1.165, 1.54) is 31.7 Å². The number of benzene rings is 1. The molecule has 0 spiro atoms. The molecule has 2 nitrogen and oxygen atoms in total. The molecule has 0 bridgehead atoms. The van der Waals surface area contributed by atoms with Crippen LogP contribution in [0.3, 0.4) is 0 Å². The second-order valence-corrected chi connectivity index (χ2v) is 5.35. The number of nitrogens with one attached hydrogen (secondary N) is 1. The van der Waals surface area contributed by atoms with Gasteiger partial charge in [0.2, 0.25) is 0 Å². The molecule has 0 atom stereocenters. The number of hydrogen-bond acceptors (Lipinski definition) is 2. The van der Waals surface area contributed by atoms with Crippen molar-refractivity contribution in [3.63, 3.8) is 0 Å². The van der Waals surface area contributed by atoms with Crippen LogP contribution in [-0.4, -0.2) is 13.7 Å². The maximum Gasteiger partial charge on any atom is 0.146 e. The Kier molecular flexibility index (Phi) is 4.45. The number of hydrogen-bond donors (Lipinski definition) is 1. The highest BCUT2D eigenvalue weighted by molar-refractivity contribution is 5.49. The monoisotopic (exact) mass is 251 g/mol. The lowest BCUT2D eigenvalue weighted by atomic mass is 9.83. The summed E-state index contributed by atoms with van der Waals surface area (Å²) in [6, 6.07) is 4.81. The van der Waals surface area contributed by atoms with Crippen molar-refractivity contribution in [3.8, 4) is 5.75 Å². The van der Waals surface area contributed by atoms with Gasteiger partial charge in [-0.25, -0.2) is 4.39 Å². The predicted molar refractivity (Wildman–Crippen MR) is 72.6 cm³/mol. The molecule has 1 aliphatic rings. The number of ether oxygens (including phenoxy) is 1. The normalized spacial score (nSPS) is 23.7. The van der Waals surface area contributed by atoms with E-state index >= 15 is 0 Å². The van der Waals surface area contributed by atoms with E-state index in [1.807, 2.05) is 0 Å². The molecule has 1 fully saturated rings. The Morgan fingerprint density at radius 2 is 2.00 bits per heavy atom. The molecule has 100 valence electrons. The van der Waals surface area contributed by atoms with Gasteiger partial charge in [0.1, 0.15) is 11.6 Å². The van der Waals surface area contributed by atoms with Crippen molar-refractivity contribution in [1.82, 2.24) is 0 Å². The van der Waals surface area contributed by atoms with Crippen molar-refractivity contribution < 1.29 is 9.13 Å². The summed E-state index contributed by atoms with van der Waals surface area (Å²) in [6.45, 7) is 3.17. The summed E-state index contributed by atoms with van der Waals surface area (Å²) in [5, 5.41) is 3.22. The van der Waals surface area contributed by atoms with Crippen molar-refractivity contribution >= 4 is 5.69 Å². The van der Waals surface area contributed by atoms with Crippen LogP contribution in [0.15, 0.2) is 18.2 Å². The summed E-state index contributed by atoms with van der Waals surface area (Å²) in [6.07, 6.45) is 5.10. The quantitative estimate of drug-likeness (QED) is 0.871. The Morgan fingerprint density at radius 1 is 1.28 bits per heavy atom. The molecule has 0 heterocycles. The molecular formula is C15H22FNO. The molecule has 0 amide bonds. The summed E-state index contributed by atoms with van der Waals surface area (Å²) in [4.78, 5) is 0. The summed E-state index contributed by atoms with van der Waals surface area (Å²) in [5.41, 5.74) is 0.549. The third kappa shape index (κ3) is 3.37. The molecule has 0 radical (unpaired) electrons. The van der Waals surface area contributed by atoms with E-state index in [0.717, 1.165) is 12.5 Å². The second kappa shape index (κ2) is 6.07. The largest absolute Gasteiger partial charge is 0.497 e. The van der Waals surface area contributed by atoms with E-state index in [0.29, 0.717) is 17.4 Å². The summed E-state index contributed by atoms with van der Waals surface area (Å²) in [5.74, 6) is 2.01. The van der Waals surface area contributed by atoms with Crippen LogP contribution < -0.4 is 10.1 Å². The maximum atomic E-state index is 13.6. The zero-order valence-corrected chi connectivity index (χ0v) is 11.2. The Bertz CT molecular complexity index is 386. The van der Waals surface area contributed by atoms with Crippen LogP contribution in [0.1, 0.15) is 32.6 Å². The van der Waals surface area contributed by atoms with Gasteiger partial charge in [0.05, 0.1) is 12.8 Å². The van der Waals surface area contributed by atoms with Crippen LogP contribution in [0.4, 0.5) is 10.1 Å². The van der Waals surface area contributed by atoms with Gasteiger partial charge < -0.3 is 10.1 Å². The van der Waals surface area contributed by atoms with E-state index in [4.69, 9.17) is 4.74 Å². The minimum Gasteiger partial charge on any atom is -0.497 e. The Hall–Kier alpha value is -1.25. The van der Waals surface area contributed by atoms with Gasteiger partial charge in [-0.1, -0.05) is 19.8 Å². The zero-order chi connectivity index (χ0) is 13.0. The predicted octanol–water partition coefficient (Wildman–Crippen LogP) is 4.07. The summed E-state index contributed by atoms with van der Waals surface area (Å²) >= 11 is 0. The molecule has 1 saturated carbocycles. The molecule has 0 aliphatic heterocycles. The first-order valence-corrected chi connectivity index (χ1v) is 6.76. The van der Waals surface area contributed by atoms with Gasteiger partial charge in [0.15, 0.2) is 0 Å². The fourth-order valence-electron chi connectivity index (χ4n) is 2.55. The maximum absolute atomic E-state index is 13.6. The van der Waals surface area contributed by atoms with Gasteiger partial charge in [-0.05, 0) is 36.8 Å². The van der Waals surface area contributed by atoms with Crippen LogP contribution in [0.2, 0.25) is 0 Å². The fraction of sp³-hybridized carbons (Fsp3) is 0.600. The number of halogens is 1. The lowest BCUT2D eigenvalue weighted by Gasteiger charge is -2.26. The SMILES string of the molecule is COc1ccc(F)c(NCC2CCC(C)CC2)c1. The smallest absolute Gasteiger partial charge is 0.146 e. The van der Waals surface area contributed by atoms with Crippen molar-refractivity contribution in [2.24, 2.45) is 11.8 Å². The molecule has 1 aromatic carbocycles. The molecule has 1 aromatic rings. The summed E-state index contributed by atoms with van der Waals surface area (Å²) < 4.78 is 18.7. The van der Waals surface area contributed by atoms with E-state index < -0.39 is 0 Å². The standard InChI is InChI=1S/C15H22FNO/c1-11-3-5-12(6-4-11)10-17-15-9-13(18-2)7-8-14(15)16/h7-9,11-12,17H,3-6,10H2,1-2H3. The topological polar surface area (TPSA) is 21.3 Å². The van der Waals surface area contributed by atoms with Gasteiger partial charge in [-0.15, -0.1) is 0 Å². The van der Waals surface area contributed by atoms with Crippen LogP contribution in [0.5, 0.6) is 5.75 Å². The molecular weight excluding hydrogens is 229 g/mol. The fourth-order valence-corrected chi connectivity index (χ4v) is 2.55. The Labute approximate surface area is 109 Å². The molecule has 0 saturated heterocycles. The van der Waals surface area contributed by atoms with E-state index in [9.17, 15) is 4.39 Å². The van der Waals surface area contributed by atoms with E-state index in [2.05, 4.69) is 12.2 Å². The van der Waals surface area contributed by atoms with Crippen molar-refractivity contribution in [2.45, 2.75) is 32.6 Å². The first-order chi connectivity index (χ1) is 8.69. The van der Waals surface area contributed by atoms with Crippen molar-refractivity contribution in [2.75, 3.05) is 19.0 Å². The minimum atomic E-state index is -0.208. The number of anilines is 1. The van der Waals surface area contributed by atoms with Crippen LogP contribution >= 0.6 is 0 Å². The highest BCUT2D eigenvalue weighted by Crippen LogP contribution is 2.29. The van der Waals surface area contributed by atoms with Crippen LogP contribution in [-0.2, 0) is 0 Å². The van der Waals surface area contributed by atoms with Gasteiger partial charge in [-0.2, -0.15) is 0 Å². The molecule has 18 heavy (non-hydrogen) atoms. The van der Waals surface area contributed by atoms with Crippen LogP contribution in [0.25, 0.3) is 0 Å². The van der Waals surface area contributed by atoms with E-state index in [1.54, 1.807) is 19.2 Å². The Balaban J connectivity index is 1.89. The molecule has 0 unspecified atom stereocenters. The van der Waals surface area contributed by atoms with Gasteiger partial charge in [-0.3, -0.25) is 0 Å². The first kappa shape index (κ1) is 13.2. The Morgan fingerprint density at radius 3 is 2.67 bits per heavy atom. The van der Waals surface area contributed by atoms with Crippen molar-refractivity contribution in [3.05, 3.63) is 24.0 Å². The van der Waals surface area contributed by atoms with E-state index in [-0.39, 0.29) is 5.82 Å². The van der Waals surface area contributed by atoms with Gasteiger partial charge in [0, 0.05) is 12.6 Å². The molecule has 3 heteroatoms. The third-order valence-corrected chi connectivity index (χ3v) is 3.89. The minimum absolute atomic E-state index is 0.208. The second-order valence-electron chi connectivity index (χ2n) is 5.35. The first-order valence-electron chi connectivity index (χ1n) is 6.76. The zero-order valence-electron chi connectivity index (χ0n) is 11.2. The van der Waals surface area contributed by atoms with Crippen molar-refractivity contribution in [1.29, 1.82) is 0 Å². The average Bonchev–Trinajstić information content (AvgIpc) is 2.40. The highest BCUT2D eigenvalue weighted by atomic mass is 19.1. The number of rotatable bonds is 4. The highest BCUT2D eigenvalue weighted by Gasteiger charge is 2.18. The van der Waals surface area contributed by atoms with Gasteiger partial charge >= 0.3 is 0 Å². The third-order valence-electron chi connectivity index (χ3n) is 3.89. The average molecular weight is 251 g/mol. The lowest BCUT2D eigenvalue weighted by molar-refractivity contribution is 0.300. The molecule has 0 aromatic heterocycles. The van der Waals surface area contributed by atoms with Crippen LogP contribution in [0, 0.1) is 17.7 Å². The molecule has 1 aliphatic carbocycles. The number of methoxy groups -OCH3 is 1. The lowest BCUT2D eigenvalue weighted by Crippen LogP contribution is -2.20.